The molecule has 2 atom stereocenters. The Hall–Kier alpha value is -3.44. The topological polar surface area (TPSA) is 67.2 Å². The molecule has 1 aromatic heterocycles. The van der Waals surface area contributed by atoms with E-state index < -0.39 is 0 Å². The third kappa shape index (κ3) is 3.65. The number of rotatable bonds is 4. The summed E-state index contributed by atoms with van der Waals surface area (Å²) < 4.78 is 5.95. The van der Waals surface area contributed by atoms with Crippen molar-refractivity contribution in [2.45, 2.75) is 18.5 Å². The van der Waals surface area contributed by atoms with E-state index in [-0.39, 0.29) is 18.0 Å². The number of hydrogen-bond acceptors (Lipinski definition) is 4. The van der Waals surface area contributed by atoms with Crippen LogP contribution >= 0.6 is 0 Å². The molecule has 4 aromatic rings. The smallest absolute Gasteiger partial charge is 0.251 e. The van der Waals surface area contributed by atoms with Gasteiger partial charge in [0.05, 0.1) is 12.2 Å². The summed E-state index contributed by atoms with van der Waals surface area (Å²) in [4.78, 5) is 17.1. The standard InChI is InChI=1S/C24H21N3O2/c28-23(19-11-10-16-6-4-5-9-18(16)12-19)27-20-13-21(25-14-20)24-26-15-22(29-24)17-7-2-1-3-8-17/h1-12,15,20-21,25H,13-14H2,(H,27,28). The first-order chi connectivity index (χ1) is 14.3. The molecule has 1 aliphatic rings. The lowest BCUT2D eigenvalue weighted by Crippen LogP contribution is -2.36. The Labute approximate surface area is 168 Å². The van der Waals surface area contributed by atoms with Crippen molar-refractivity contribution in [2.24, 2.45) is 0 Å². The van der Waals surface area contributed by atoms with Gasteiger partial charge in [0.1, 0.15) is 0 Å². The normalized spacial score (nSPS) is 18.8. The summed E-state index contributed by atoms with van der Waals surface area (Å²) in [6, 6.07) is 23.8. The van der Waals surface area contributed by atoms with Crippen LogP contribution in [0, 0.1) is 0 Å². The van der Waals surface area contributed by atoms with Crippen LogP contribution < -0.4 is 10.6 Å². The van der Waals surface area contributed by atoms with E-state index in [1.165, 1.54) is 0 Å². The molecule has 1 fully saturated rings. The molecule has 2 N–H and O–H groups in total. The van der Waals surface area contributed by atoms with Crippen molar-refractivity contribution in [3.8, 4) is 11.3 Å². The lowest BCUT2D eigenvalue weighted by molar-refractivity contribution is 0.0939. The molecule has 1 amide bonds. The predicted octanol–water partition coefficient (Wildman–Crippen LogP) is 4.33. The number of nitrogens with one attached hydrogen (secondary N) is 2. The van der Waals surface area contributed by atoms with Gasteiger partial charge in [0.2, 0.25) is 5.89 Å². The van der Waals surface area contributed by atoms with Gasteiger partial charge in [0, 0.05) is 23.7 Å². The van der Waals surface area contributed by atoms with Crippen molar-refractivity contribution < 1.29 is 9.21 Å². The SMILES string of the molecule is O=C(NC1CNC(c2ncc(-c3ccccc3)o2)C1)c1ccc2ccccc2c1. The molecule has 0 spiro atoms. The van der Waals surface area contributed by atoms with Gasteiger partial charge in [-0.1, -0.05) is 60.7 Å². The van der Waals surface area contributed by atoms with E-state index in [0.717, 1.165) is 28.5 Å². The van der Waals surface area contributed by atoms with Crippen molar-refractivity contribution in [3.63, 3.8) is 0 Å². The van der Waals surface area contributed by atoms with E-state index in [1.807, 2.05) is 72.8 Å². The van der Waals surface area contributed by atoms with Crippen LogP contribution in [0.5, 0.6) is 0 Å². The monoisotopic (exact) mass is 383 g/mol. The summed E-state index contributed by atoms with van der Waals surface area (Å²) in [7, 11) is 0. The minimum absolute atomic E-state index is 0.00522. The minimum atomic E-state index is -0.0550. The summed E-state index contributed by atoms with van der Waals surface area (Å²) in [5.74, 6) is 1.36. The van der Waals surface area contributed by atoms with E-state index in [0.29, 0.717) is 18.0 Å². The first-order valence-electron chi connectivity index (χ1n) is 9.80. The van der Waals surface area contributed by atoms with Gasteiger partial charge in [0.25, 0.3) is 5.91 Å². The summed E-state index contributed by atoms with van der Waals surface area (Å²) in [5.41, 5.74) is 1.68. The fourth-order valence-corrected chi connectivity index (χ4v) is 3.82. The maximum atomic E-state index is 12.7. The second-order valence-corrected chi connectivity index (χ2v) is 7.36. The van der Waals surface area contributed by atoms with Gasteiger partial charge < -0.3 is 15.1 Å². The molecule has 0 saturated carbocycles. The largest absolute Gasteiger partial charge is 0.439 e. The van der Waals surface area contributed by atoms with Gasteiger partial charge in [-0.15, -0.1) is 0 Å². The molecule has 5 rings (SSSR count). The van der Waals surface area contributed by atoms with E-state index in [4.69, 9.17) is 4.42 Å². The van der Waals surface area contributed by atoms with E-state index in [9.17, 15) is 4.79 Å². The Morgan fingerprint density at radius 3 is 2.66 bits per heavy atom. The maximum Gasteiger partial charge on any atom is 0.251 e. The maximum absolute atomic E-state index is 12.7. The van der Waals surface area contributed by atoms with Crippen molar-refractivity contribution >= 4 is 16.7 Å². The molecule has 144 valence electrons. The van der Waals surface area contributed by atoms with Crippen LogP contribution in [0.15, 0.2) is 83.4 Å². The van der Waals surface area contributed by atoms with Crippen molar-refractivity contribution in [1.82, 2.24) is 15.6 Å². The summed E-state index contributed by atoms with van der Waals surface area (Å²) in [6.45, 7) is 0.688. The Balaban J connectivity index is 1.25. The molecule has 2 unspecified atom stereocenters. The Bertz CT molecular complexity index is 1150. The number of amides is 1. The molecule has 3 aromatic carbocycles. The number of hydrogen-bond donors (Lipinski definition) is 2. The summed E-state index contributed by atoms with van der Waals surface area (Å²) >= 11 is 0. The van der Waals surface area contributed by atoms with E-state index in [2.05, 4.69) is 15.6 Å². The number of nitrogens with zero attached hydrogens (tertiary/aromatic N) is 1. The second kappa shape index (κ2) is 7.53. The molecule has 2 heterocycles. The van der Waals surface area contributed by atoms with Crippen molar-refractivity contribution in [1.29, 1.82) is 0 Å². The molecule has 5 heteroatoms. The predicted molar refractivity (Wildman–Crippen MR) is 113 cm³/mol. The molecule has 29 heavy (non-hydrogen) atoms. The van der Waals surface area contributed by atoms with Crippen LogP contribution in [0.3, 0.4) is 0 Å². The van der Waals surface area contributed by atoms with Crippen LogP contribution in [0.4, 0.5) is 0 Å². The van der Waals surface area contributed by atoms with Crippen molar-refractivity contribution in [3.05, 3.63) is 90.4 Å². The molecule has 0 radical (unpaired) electrons. The molecule has 0 aliphatic carbocycles. The molecular formula is C24H21N3O2. The van der Waals surface area contributed by atoms with Gasteiger partial charge in [-0.25, -0.2) is 4.98 Å². The quantitative estimate of drug-likeness (QED) is 0.551. The third-order valence-corrected chi connectivity index (χ3v) is 5.36. The first kappa shape index (κ1) is 17.6. The van der Waals surface area contributed by atoms with Crippen LogP contribution in [-0.2, 0) is 0 Å². The highest BCUT2D eigenvalue weighted by atomic mass is 16.4. The number of fused-ring (bicyclic) bond motifs is 1. The van der Waals surface area contributed by atoms with Crippen LogP contribution in [-0.4, -0.2) is 23.5 Å². The molecular weight excluding hydrogens is 362 g/mol. The van der Waals surface area contributed by atoms with Gasteiger partial charge in [-0.05, 0) is 29.3 Å². The highest BCUT2D eigenvalue weighted by molar-refractivity contribution is 5.98. The summed E-state index contributed by atoms with van der Waals surface area (Å²) in [6.07, 6.45) is 2.50. The number of carbonyl (C=O) groups excluding carboxylic acids is 1. The van der Waals surface area contributed by atoms with Crippen molar-refractivity contribution in [2.75, 3.05) is 6.54 Å². The average Bonchev–Trinajstić information content (AvgIpc) is 3.44. The number of benzene rings is 3. The van der Waals surface area contributed by atoms with Crippen LogP contribution in [0.25, 0.3) is 22.1 Å². The van der Waals surface area contributed by atoms with Crippen LogP contribution in [0.1, 0.15) is 28.7 Å². The Morgan fingerprint density at radius 1 is 1.00 bits per heavy atom. The number of aromatic nitrogens is 1. The molecule has 1 saturated heterocycles. The van der Waals surface area contributed by atoms with Gasteiger partial charge in [0.15, 0.2) is 5.76 Å². The van der Waals surface area contributed by atoms with Gasteiger partial charge in [-0.2, -0.15) is 0 Å². The lowest BCUT2D eigenvalue weighted by Gasteiger charge is -2.12. The zero-order valence-corrected chi connectivity index (χ0v) is 15.8. The molecule has 0 bridgehead atoms. The lowest BCUT2D eigenvalue weighted by atomic mass is 10.1. The van der Waals surface area contributed by atoms with E-state index in [1.54, 1.807) is 6.20 Å². The fourth-order valence-electron chi connectivity index (χ4n) is 3.82. The fraction of sp³-hybridized carbons (Fsp3) is 0.167. The second-order valence-electron chi connectivity index (χ2n) is 7.36. The van der Waals surface area contributed by atoms with E-state index >= 15 is 0 Å². The molecule has 5 nitrogen and oxygen atoms in total. The van der Waals surface area contributed by atoms with Gasteiger partial charge in [-0.3, -0.25) is 4.79 Å². The van der Waals surface area contributed by atoms with Gasteiger partial charge >= 0.3 is 0 Å². The van der Waals surface area contributed by atoms with Crippen LogP contribution in [0.2, 0.25) is 0 Å². The number of oxazole rings is 1. The first-order valence-corrected chi connectivity index (χ1v) is 9.80. The highest BCUT2D eigenvalue weighted by Gasteiger charge is 2.30. The zero-order valence-electron chi connectivity index (χ0n) is 15.8. The summed E-state index contributed by atoms with van der Waals surface area (Å²) in [5, 5.41) is 8.73. The Kier molecular flexibility index (Phi) is 4.58. The Morgan fingerprint density at radius 2 is 1.79 bits per heavy atom. The third-order valence-electron chi connectivity index (χ3n) is 5.36. The number of carbonyl (C=O) groups is 1. The zero-order chi connectivity index (χ0) is 19.6. The highest BCUT2D eigenvalue weighted by Crippen LogP contribution is 2.27. The molecule has 1 aliphatic heterocycles. The minimum Gasteiger partial charge on any atom is -0.439 e. The average molecular weight is 383 g/mol.